The third-order valence-electron chi connectivity index (χ3n) is 7.06. The Kier molecular flexibility index (Phi) is 5.32. The molecular weight excluding hydrogens is 499 g/mol. The molecule has 0 aliphatic rings. The summed E-state index contributed by atoms with van der Waals surface area (Å²) < 4.78 is 2.97. The number of rotatable bonds is 4. The summed E-state index contributed by atoms with van der Waals surface area (Å²) in [5.74, 6) is 0. The Bertz CT molecular complexity index is 1870. The molecule has 0 saturated heterocycles. The molecule has 6 aromatic carbocycles. The zero-order valence-corrected chi connectivity index (χ0v) is 21.5. The molecule has 1 aromatic heterocycles. The summed E-state index contributed by atoms with van der Waals surface area (Å²) in [5, 5.41) is 7.82. The topological polar surface area (TPSA) is 0 Å². The Hall–Kier alpha value is -3.90. The summed E-state index contributed by atoms with van der Waals surface area (Å²) >= 11 is 0.247. The molecule has 0 bridgehead atoms. The second-order valence-corrected chi connectivity index (χ2v) is 11.7. The van der Waals surface area contributed by atoms with Crippen molar-refractivity contribution in [3.05, 3.63) is 145 Å². The number of hydrogen-bond acceptors (Lipinski definition) is 0. The van der Waals surface area contributed by atoms with Crippen LogP contribution in [0.2, 0.25) is 0 Å². The molecule has 1 heterocycles. The van der Waals surface area contributed by atoms with E-state index in [-0.39, 0.29) is 14.5 Å². The average Bonchev–Trinajstić information content (AvgIpc) is 3.36. The van der Waals surface area contributed by atoms with E-state index in [2.05, 4.69) is 133 Å². The molecule has 0 unspecified atom stereocenters. The van der Waals surface area contributed by atoms with Crippen LogP contribution in [0, 0.1) is 0 Å². The van der Waals surface area contributed by atoms with Crippen LogP contribution >= 0.6 is 0 Å². The zero-order chi connectivity index (χ0) is 23.9. The third-order valence-corrected chi connectivity index (χ3v) is 9.74. The SMILES string of the molecule is c1ccc2cc(Cc3cc(-c4ccc5ccccc5c4)[se]c3-c3ccc4ccccc4c3)ccc2c1. The van der Waals surface area contributed by atoms with E-state index in [0.717, 1.165) is 6.42 Å². The van der Waals surface area contributed by atoms with Gasteiger partial charge in [-0.25, -0.2) is 0 Å². The van der Waals surface area contributed by atoms with Crippen molar-refractivity contribution in [2.45, 2.75) is 6.42 Å². The molecule has 0 aliphatic heterocycles. The van der Waals surface area contributed by atoms with E-state index in [1.165, 1.54) is 63.4 Å². The molecular formula is C35H24Se. The van der Waals surface area contributed by atoms with Crippen molar-refractivity contribution in [2.75, 3.05) is 0 Å². The molecule has 0 atom stereocenters. The maximum atomic E-state index is 2.48. The van der Waals surface area contributed by atoms with Gasteiger partial charge in [0.1, 0.15) is 0 Å². The molecule has 0 saturated carbocycles. The second kappa shape index (κ2) is 8.95. The van der Waals surface area contributed by atoms with Crippen LogP contribution in [-0.4, -0.2) is 14.5 Å². The molecule has 0 aliphatic carbocycles. The summed E-state index contributed by atoms with van der Waals surface area (Å²) in [5.41, 5.74) is 5.52. The molecule has 0 spiro atoms. The van der Waals surface area contributed by atoms with Gasteiger partial charge < -0.3 is 0 Å². The molecule has 7 rings (SSSR count). The predicted octanol–water partition coefficient (Wildman–Crippen LogP) is 9.13. The van der Waals surface area contributed by atoms with Crippen LogP contribution in [0.5, 0.6) is 0 Å². The van der Waals surface area contributed by atoms with Gasteiger partial charge in [-0.15, -0.1) is 0 Å². The van der Waals surface area contributed by atoms with Crippen molar-refractivity contribution >= 4 is 46.8 Å². The van der Waals surface area contributed by atoms with Crippen LogP contribution in [0.3, 0.4) is 0 Å². The Morgan fingerprint density at radius 3 is 1.56 bits per heavy atom. The van der Waals surface area contributed by atoms with Crippen molar-refractivity contribution < 1.29 is 0 Å². The fourth-order valence-corrected chi connectivity index (χ4v) is 7.65. The molecule has 7 aromatic rings. The minimum absolute atomic E-state index is 0.247. The zero-order valence-electron chi connectivity index (χ0n) is 19.8. The van der Waals surface area contributed by atoms with Gasteiger partial charge >= 0.3 is 218 Å². The van der Waals surface area contributed by atoms with Gasteiger partial charge in [-0.1, -0.05) is 0 Å². The van der Waals surface area contributed by atoms with Crippen LogP contribution in [0.4, 0.5) is 0 Å². The van der Waals surface area contributed by atoms with Crippen molar-refractivity contribution in [1.29, 1.82) is 0 Å². The molecule has 0 radical (unpaired) electrons. The summed E-state index contributed by atoms with van der Waals surface area (Å²) in [4.78, 5) is 0. The van der Waals surface area contributed by atoms with Gasteiger partial charge in [0.25, 0.3) is 0 Å². The van der Waals surface area contributed by atoms with Crippen LogP contribution in [0.25, 0.3) is 52.3 Å². The summed E-state index contributed by atoms with van der Waals surface area (Å²) in [7, 11) is 0. The number of benzene rings is 6. The summed E-state index contributed by atoms with van der Waals surface area (Å²) in [6.07, 6.45) is 0.950. The fraction of sp³-hybridized carbons (Fsp3) is 0.0286. The maximum absolute atomic E-state index is 2.48. The fourth-order valence-electron chi connectivity index (χ4n) is 5.19. The van der Waals surface area contributed by atoms with Crippen LogP contribution < -0.4 is 0 Å². The van der Waals surface area contributed by atoms with E-state index in [9.17, 15) is 0 Å². The standard InChI is InChI=1S/C35H24Se/c1-4-10-28-19-24(13-14-25(28)7-1)20-33-23-34(31-17-15-26-8-2-5-11-29(26)21-31)36-35(33)32-18-16-27-9-3-6-12-30(27)22-32/h1-19,21-23H,20H2. The second-order valence-electron chi connectivity index (χ2n) is 9.45. The molecule has 0 fully saturated rings. The molecule has 170 valence electrons. The number of hydrogen-bond donors (Lipinski definition) is 0. The van der Waals surface area contributed by atoms with Crippen molar-refractivity contribution in [3.8, 4) is 20.0 Å². The van der Waals surface area contributed by atoms with Crippen molar-refractivity contribution in [3.63, 3.8) is 0 Å². The van der Waals surface area contributed by atoms with Gasteiger partial charge in [0.2, 0.25) is 0 Å². The van der Waals surface area contributed by atoms with E-state index in [1.807, 2.05) is 0 Å². The molecule has 0 N–H and O–H groups in total. The summed E-state index contributed by atoms with van der Waals surface area (Å²) in [6.45, 7) is 0. The Morgan fingerprint density at radius 2 is 0.917 bits per heavy atom. The molecule has 1 heteroatoms. The van der Waals surface area contributed by atoms with E-state index < -0.39 is 0 Å². The third kappa shape index (κ3) is 3.97. The van der Waals surface area contributed by atoms with E-state index in [0.29, 0.717) is 0 Å². The summed E-state index contributed by atoms with van der Waals surface area (Å²) in [6, 6.07) is 49.2. The van der Waals surface area contributed by atoms with E-state index >= 15 is 0 Å². The van der Waals surface area contributed by atoms with Crippen LogP contribution in [-0.2, 0) is 6.42 Å². The normalized spacial score (nSPS) is 11.4. The van der Waals surface area contributed by atoms with Gasteiger partial charge in [0.15, 0.2) is 0 Å². The Balaban J connectivity index is 1.37. The first-order valence-electron chi connectivity index (χ1n) is 12.4. The van der Waals surface area contributed by atoms with Crippen LogP contribution in [0.15, 0.2) is 133 Å². The molecule has 36 heavy (non-hydrogen) atoms. The molecule has 0 amide bonds. The molecule has 0 nitrogen and oxygen atoms in total. The quantitative estimate of drug-likeness (QED) is 0.202. The average molecular weight is 524 g/mol. The van der Waals surface area contributed by atoms with Gasteiger partial charge in [-0.2, -0.15) is 0 Å². The van der Waals surface area contributed by atoms with Crippen molar-refractivity contribution in [1.82, 2.24) is 0 Å². The minimum atomic E-state index is 0.247. The van der Waals surface area contributed by atoms with Gasteiger partial charge in [0.05, 0.1) is 0 Å². The van der Waals surface area contributed by atoms with E-state index in [4.69, 9.17) is 0 Å². The van der Waals surface area contributed by atoms with E-state index in [1.54, 1.807) is 0 Å². The van der Waals surface area contributed by atoms with Gasteiger partial charge in [0, 0.05) is 0 Å². The van der Waals surface area contributed by atoms with Crippen LogP contribution in [0.1, 0.15) is 11.1 Å². The first-order valence-corrected chi connectivity index (χ1v) is 14.1. The first-order chi connectivity index (χ1) is 17.8. The first kappa shape index (κ1) is 21.4. The predicted molar refractivity (Wildman–Crippen MR) is 156 cm³/mol. The monoisotopic (exact) mass is 524 g/mol. The van der Waals surface area contributed by atoms with Crippen molar-refractivity contribution in [2.24, 2.45) is 0 Å². The van der Waals surface area contributed by atoms with Gasteiger partial charge in [-0.3, -0.25) is 0 Å². The Morgan fingerprint density at radius 1 is 0.417 bits per heavy atom. The number of fused-ring (bicyclic) bond motifs is 3. The van der Waals surface area contributed by atoms with Gasteiger partial charge in [-0.05, 0) is 0 Å². The Labute approximate surface area is 217 Å².